The van der Waals surface area contributed by atoms with Gasteiger partial charge in [0.15, 0.2) is 4.96 Å². The van der Waals surface area contributed by atoms with Crippen LogP contribution in [0.25, 0.3) is 4.96 Å². The van der Waals surface area contributed by atoms with E-state index in [9.17, 15) is 9.59 Å². The Morgan fingerprint density at radius 3 is 2.72 bits per heavy atom. The second-order valence-electron chi connectivity index (χ2n) is 6.07. The highest BCUT2D eigenvalue weighted by Gasteiger charge is 2.19. The topological polar surface area (TPSA) is 66.7 Å². The lowest BCUT2D eigenvalue weighted by Crippen LogP contribution is -2.27. The van der Waals surface area contributed by atoms with E-state index in [1.165, 1.54) is 21.8 Å². The summed E-state index contributed by atoms with van der Waals surface area (Å²) in [5.74, 6) is 0.0990. The molecule has 0 bridgehead atoms. The summed E-state index contributed by atoms with van der Waals surface area (Å²) in [6, 6.07) is 9.00. The average Bonchev–Trinajstić information content (AvgIpc) is 3.31. The maximum atomic E-state index is 12.3. The molecule has 0 saturated carbocycles. The van der Waals surface area contributed by atoms with Crippen molar-refractivity contribution in [1.29, 1.82) is 0 Å². The van der Waals surface area contributed by atoms with E-state index in [2.05, 4.69) is 10.3 Å². The summed E-state index contributed by atoms with van der Waals surface area (Å²) >= 11 is 1.44. The number of carbonyl (C=O) groups is 1. The maximum absolute atomic E-state index is 12.3. The van der Waals surface area contributed by atoms with E-state index in [0.717, 1.165) is 31.6 Å². The lowest BCUT2D eigenvalue weighted by molar-refractivity contribution is 0.0793. The van der Waals surface area contributed by atoms with Crippen molar-refractivity contribution in [2.45, 2.75) is 19.4 Å². The van der Waals surface area contributed by atoms with E-state index < -0.39 is 0 Å². The SMILES string of the molecule is O=C(c1ccc(NCc2cc(=O)n3ccsc3n2)cc1)N1CCCC1. The second-order valence-corrected chi connectivity index (χ2v) is 6.94. The summed E-state index contributed by atoms with van der Waals surface area (Å²) in [7, 11) is 0. The molecular formula is C18H18N4O2S. The van der Waals surface area contributed by atoms with E-state index in [-0.39, 0.29) is 11.5 Å². The van der Waals surface area contributed by atoms with Gasteiger partial charge in [-0.15, -0.1) is 11.3 Å². The van der Waals surface area contributed by atoms with Crippen molar-refractivity contribution in [3.8, 4) is 0 Å². The highest BCUT2D eigenvalue weighted by atomic mass is 32.1. The minimum atomic E-state index is -0.0744. The molecule has 0 unspecified atom stereocenters. The van der Waals surface area contributed by atoms with E-state index in [1.807, 2.05) is 34.5 Å². The first-order valence-electron chi connectivity index (χ1n) is 8.30. The Hall–Kier alpha value is -2.67. The molecular weight excluding hydrogens is 336 g/mol. The molecule has 0 atom stereocenters. The van der Waals surface area contributed by atoms with Crippen molar-refractivity contribution >= 4 is 27.9 Å². The van der Waals surface area contributed by atoms with Crippen LogP contribution in [0, 0.1) is 0 Å². The molecule has 1 aromatic carbocycles. The van der Waals surface area contributed by atoms with Crippen molar-refractivity contribution in [1.82, 2.24) is 14.3 Å². The van der Waals surface area contributed by atoms with Gasteiger partial charge in [0, 0.05) is 42.0 Å². The summed E-state index contributed by atoms with van der Waals surface area (Å²) in [6.07, 6.45) is 3.91. The Balaban J connectivity index is 1.43. The van der Waals surface area contributed by atoms with Gasteiger partial charge < -0.3 is 10.2 Å². The van der Waals surface area contributed by atoms with Crippen LogP contribution in [0.3, 0.4) is 0 Å². The van der Waals surface area contributed by atoms with Crippen molar-refractivity contribution in [2.24, 2.45) is 0 Å². The molecule has 25 heavy (non-hydrogen) atoms. The quantitative estimate of drug-likeness (QED) is 0.782. The molecule has 1 amide bonds. The number of aromatic nitrogens is 2. The van der Waals surface area contributed by atoms with Crippen LogP contribution >= 0.6 is 11.3 Å². The monoisotopic (exact) mass is 354 g/mol. The zero-order valence-electron chi connectivity index (χ0n) is 13.6. The number of rotatable bonds is 4. The van der Waals surface area contributed by atoms with Crippen LogP contribution in [0.2, 0.25) is 0 Å². The molecule has 1 aliphatic heterocycles. The molecule has 1 N–H and O–H groups in total. The molecule has 1 aliphatic rings. The Kier molecular flexibility index (Phi) is 4.23. The van der Waals surface area contributed by atoms with E-state index in [0.29, 0.717) is 22.8 Å². The fraction of sp³-hybridized carbons (Fsp3) is 0.278. The molecule has 4 rings (SSSR count). The number of nitrogens with one attached hydrogen (secondary N) is 1. The first-order chi connectivity index (χ1) is 12.2. The van der Waals surface area contributed by atoms with E-state index >= 15 is 0 Å². The van der Waals surface area contributed by atoms with Gasteiger partial charge in [-0.1, -0.05) is 0 Å². The molecule has 3 aromatic rings. The highest BCUT2D eigenvalue weighted by Crippen LogP contribution is 2.16. The average molecular weight is 354 g/mol. The summed E-state index contributed by atoms with van der Waals surface area (Å²) in [4.78, 5) is 31.4. The molecule has 0 aliphatic carbocycles. The number of amides is 1. The number of anilines is 1. The van der Waals surface area contributed by atoms with Gasteiger partial charge in [-0.2, -0.15) is 0 Å². The van der Waals surface area contributed by atoms with E-state index in [1.54, 1.807) is 6.20 Å². The molecule has 128 valence electrons. The number of nitrogens with zero attached hydrogens (tertiary/aromatic N) is 3. The van der Waals surface area contributed by atoms with Crippen LogP contribution in [-0.2, 0) is 6.54 Å². The Morgan fingerprint density at radius 2 is 1.96 bits per heavy atom. The van der Waals surface area contributed by atoms with Crippen molar-refractivity contribution in [3.63, 3.8) is 0 Å². The minimum Gasteiger partial charge on any atom is -0.379 e. The van der Waals surface area contributed by atoms with Crippen molar-refractivity contribution in [2.75, 3.05) is 18.4 Å². The lowest BCUT2D eigenvalue weighted by Gasteiger charge is -2.15. The van der Waals surface area contributed by atoms with Crippen molar-refractivity contribution in [3.05, 3.63) is 63.5 Å². The summed E-state index contributed by atoms with van der Waals surface area (Å²) in [5, 5.41) is 5.09. The largest absolute Gasteiger partial charge is 0.379 e. The van der Waals surface area contributed by atoms with Crippen LogP contribution in [0.1, 0.15) is 28.9 Å². The normalized spacial score (nSPS) is 14.2. The predicted octanol–water partition coefficient (Wildman–Crippen LogP) is 2.60. The molecule has 1 saturated heterocycles. The van der Waals surface area contributed by atoms with Gasteiger partial charge in [-0.3, -0.25) is 14.0 Å². The predicted molar refractivity (Wildman–Crippen MR) is 98.2 cm³/mol. The number of benzene rings is 1. The van der Waals surface area contributed by atoms with Gasteiger partial charge in [0.2, 0.25) is 0 Å². The molecule has 0 spiro atoms. The molecule has 2 aromatic heterocycles. The minimum absolute atomic E-state index is 0.0744. The summed E-state index contributed by atoms with van der Waals surface area (Å²) in [5.41, 5.74) is 2.23. The van der Waals surface area contributed by atoms with Crippen LogP contribution in [0.15, 0.2) is 46.7 Å². The molecule has 7 heteroatoms. The highest BCUT2D eigenvalue weighted by molar-refractivity contribution is 7.15. The Labute approximate surface area is 148 Å². The Bertz CT molecular complexity index is 955. The van der Waals surface area contributed by atoms with Crippen molar-refractivity contribution < 1.29 is 4.79 Å². The molecule has 6 nitrogen and oxygen atoms in total. The van der Waals surface area contributed by atoms with E-state index in [4.69, 9.17) is 0 Å². The standard InChI is InChI=1S/C18H18N4O2S/c23-16-11-15(20-18-22(16)9-10-25-18)12-19-14-5-3-13(4-6-14)17(24)21-7-1-2-8-21/h3-6,9-11,19H,1-2,7-8,12H2. The fourth-order valence-electron chi connectivity index (χ4n) is 3.00. The van der Waals surface area contributed by atoms with Crippen LogP contribution in [0.4, 0.5) is 5.69 Å². The summed E-state index contributed by atoms with van der Waals surface area (Å²) < 4.78 is 1.53. The number of hydrogen-bond acceptors (Lipinski definition) is 5. The number of carbonyl (C=O) groups excluding carboxylic acids is 1. The second kappa shape index (κ2) is 6.68. The fourth-order valence-corrected chi connectivity index (χ4v) is 3.74. The van der Waals surface area contributed by atoms with Crippen LogP contribution in [-0.4, -0.2) is 33.3 Å². The third-order valence-corrected chi connectivity index (χ3v) is 5.11. The summed E-state index contributed by atoms with van der Waals surface area (Å²) in [6.45, 7) is 2.17. The molecule has 0 radical (unpaired) electrons. The first-order valence-corrected chi connectivity index (χ1v) is 9.18. The number of fused-ring (bicyclic) bond motifs is 1. The van der Waals surface area contributed by atoms with Gasteiger partial charge in [-0.25, -0.2) is 4.98 Å². The van der Waals surface area contributed by atoms with Gasteiger partial charge in [0.1, 0.15) is 0 Å². The zero-order valence-corrected chi connectivity index (χ0v) is 14.5. The third-order valence-electron chi connectivity index (χ3n) is 4.35. The smallest absolute Gasteiger partial charge is 0.258 e. The lowest BCUT2D eigenvalue weighted by atomic mass is 10.2. The number of likely N-dealkylation sites (tertiary alicyclic amines) is 1. The van der Waals surface area contributed by atoms with Crippen LogP contribution < -0.4 is 10.9 Å². The molecule has 3 heterocycles. The number of thiazole rings is 1. The van der Waals surface area contributed by atoms with Gasteiger partial charge in [0.05, 0.1) is 12.2 Å². The van der Waals surface area contributed by atoms with Gasteiger partial charge in [0.25, 0.3) is 11.5 Å². The Morgan fingerprint density at radius 1 is 1.20 bits per heavy atom. The van der Waals surface area contributed by atoms with Gasteiger partial charge >= 0.3 is 0 Å². The van der Waals surface area contributed by atoms with Gasteiger partial charge in [-0.05, 0) is 37.1 Å². The molecule has 1 fully saturated rings. The maximum Gasteiger partial charge on any atom is 0.258 e. The zero-order chi connectivity index (χ0) is 17.2. The third kappa shape index (κ3) is 3.28. The number of hydrogen-bond donors (Lipinski definition) is 1. The first kappa shape index (κ1) is 15.8. The van der Waals surface area contributed by atoms with Crippen LogP contribution in [0.5, 0.6) is 0 Å².